The molecular formula is C31H34F2N6O3S. The van der Waals surface area contributed by atoms with Gasteiger partial charge in [0.05, 0.1) is 41.6 Å². The number of nitrogens with two attached hydrogens (primary N) is 1. The second-order valence-electron chi connectivity index (χ2n) is 11.4. The zero-order valence-electron chi connectivity index (χ0n) is 24.0. The molecule has 6 rings (SSSR count). The summed E-state index contributed by atoms with van der Waals surface area (Å²) in [7, 11) is -4.08. The highest BCUT2D eigenvalue weighted by Crippen LogP contribution is 2.39. The molecule has 4 aromatic rings. The summed E-state index contributed by atoms with van der Waals surface area (Å²) < 4.78 is 64.2. The standard InChI is InChI=1S/C31H34F2N6O3S/c1-18(2)39-30-24(19-7-10-22(11-8-19)36-23-15-42-16-23)14-35-31(34)28(30)29(37-39)20-9-12-27(26(33)13-20)38-43(40,41)17-21-5-3-4-6-25(21)32/h3-7,9,12-14,18,22-23,36,38H,8,10-11,15-17H2,1-2H3,(H2,34,35). The molecule has 2 aliphatic rings. The fraction of sp³-hybridized carbons (Fsp3) is 0.355. The number of aromatic nitrogens is 3. The first kappa shape index (κ1) is 29.2. The molecule has 2 aromatic heterocycles. The summed E-state index contributed by atoms with van der Waals surface area (Å²) in [5.41, 5.74) is 9.99. The lowest BCUT2D eigenvalue weighted by molar-refractivity contribution is -0.0103. The highest BCUT2D eigenvalue weighted by atomic mass is 32.2. The topological polar surface area (TPSA) is 124 Å². The predicted molar refractivity (Wildman–Crippen MR) is 164 cm³/mol. The van der Waals surface area contributed by atoms with Crippen molar-refractivity contribution < 1.29 is 21.9 Å². The maximum atomic E-state index is 15.4. The van der Waals surface area contributed by atoms with Crippen LogP contribution in [0.1, 0.15) is 50.3 Å². The first-order valence-corrected chi connectivity index (χ1v) is 16.0. The van der Waals surface area contributed by atoms with E-state index in [4.69, 9.17) is 15.6 Å². The van der Waals surface area contributed by atoms with Gasteiger partial charge in [0.15, 0.2) is 0 Å². The van der Waals surface area contributed by atoms with Gasteiger partial charge in [0, 0.05) is 35.0 Å². The van der Waals surface area contributed by atoms with Gasteiger partial charge in [-0.2, -0.15) is 5.10 Å². The van der Waals surface area contributed by atoms with Crippen LogP contribution in [0.5, 0.6) is 0 Å². The van der Waals surface area contributed by atoms with Crippen molar-refractivity contribution in [3.63, 3.8) is 0 Å². The number of ether oxygens (including phenoxy) is 1. The van der Waals surface area contributed by atoms with Crippen LogP contribution >= 0.6 is 0 Å². The largest absolute Gasteiger partial charge is 0.383 e. The van der Waals surface area contributed by atoms with Crippen LogP contribution in [0.25, 0.3) is 27.7 Å². The Labute approximate surface area is 249 Å². The average molecular weight is 609 g/mol. The summed E-state index contributed by atoms with van der Waals surface area (Å²) in [6, 6.07) is 10.5. The van der Waals surface area contributed by atoms with Crippen molar-refractivity contribution in [1.29, 1.82) is 0 Å². The Balaban J connectivity index is 1.32. The third kappa shape index (κ3) is 5.99. The Morgan fingerprint density at radius 1 is 1.12 bits per heavy atom. The second-order valence-corrected chi connectivity index (χ2v) is 13.1. The van der Waals surface area contributed by atoms with E-state index in [-0.39, 0.29) is 23.1 Å². The molecule has 0 spiro atoms. The van der Waals surface area contributed by atoms with E-state index in [1.54, 1.807) is 18.3 Å². The van der Waals surface area contributed by atoms with E-state index < -0.39 is 27.4 Å². The van der Waals surface area contributed by atoms with Gasteiger partial charge in [0.1, 0.15) is 23.1 Å². The van der Waals surface area contributed by atoms with Crippen LogP contribution in [0.15, 0.2) is 54.7 Å². The molecule has 1 saturated heterocycles. The van der Waals surface area contributed by atoms with Gasteiger partial charge in [-0.05, 0) is 56.9 Å². The SMILES string of the molecule is CC(C)n1nc(-c2ccc(NS(=O)(=O)Cc3ccccc3F)c(F)c2)c2c(N)ncc(C3=CCC(NC4COC4)CC3)c21. The van der Waals surface area contributed by atoms with E-state index in [0.717, 1.165) is 43.6 Å². The number of nitrogens with one attached hydrogen (secondary N) is 2. The number of hydrogen-bond donors (Lipinski definition) is 3. The molecule has 2 aromatic carbocycles. The number of fused-ring (bicyclic) bond motifs is 1. The van der Waals surface area contributed by atoms with Crippen LogP contribution in [0.3, 0.4) is 0 Å². The van der Waals surface area contributed by atoms with Crippen LogP contribution in [0.4, 0.5) is 20.3 Å². The highest BCUT2D eigenvalue weighted by molar-refractivity contribution is 7.91. The van der Waals surface area contributed by atoms with Crippen LogP contribution in [-0.2, 0) is 20.5 Å². The summed E-state index contributed by atoms with van der Waals surface area (Å²) in [5.74, 6) is -1.80. The number of pyridine rings is 1. The third-order valence-electron chi connectivity index (χ3n) is 7.92. The van der Waals surface area contributed by atoms with Gasteiger partial charge in [-0.3, -0.25) is 9.40 Å². The fourth-order valence-electron chi connectivity index (χ4n) is 5.67. The lowest BCUT2D eigenvalue weighted by Crippen LogP contribution is -2.50. The minimum atomic E-state index is -4.08. The summed E-state index contributed by atoms with van der Waals surface area (Å²) in [4.78, 5) is 4.50. The molecule has 1 unspecified atom stereocenters. The molecule has 0 saturated carbocycles. The summed E-state index contributed by atoms with van der Waals surface area (Å²) in [6.45, 7) is 5.54. The summed E-state index contributed by atoms with van der Waals surface area (Å²) in [5, 5.41) is 9.12. The Kier molecular flexibility index (Phi) is 7.92. The van der Waals surface area contributed by atoms with Crippen molar-refractivity contribution in [3.8, 4) is 11.3 Å². The number of nitrogen functional groups attached to an aromatic ring is 1. The number of allylic oxidation sites excluding steroid dienone is 1. The Morgan fingerprint density at radius 3 is 2.56 bits per heavy atom. The molecule has 12 heteroatoms. The monoisotopic (exact) mass is 608 g/mol. The molecule has 226 valence electrons. The molecule has 1 aliphatic carbocycles. The maximum absolute atomic E-state index is 15.4. The molecule has 3 heterocycles. The minimum Gasteiger partial charge on any atom is -0.383 e. The first-order valence-electron chi connectivity index (χ1n) is 14.3. The molecule has 0 bridgehead atoms. The fourth-order valence-corrected chi connectivity index (χ4v) is 6.89. The molecule has 1 aliphatic heterocycles. The molecule has 9 nitrogen and oxygen atoms in total. The van der Waals surface area contributed by atoms with Gasteiger partial charge >= 0.3 is 0 Å². The first-order chi connectivity index (χ1) is 20.6. The van der Waals surface area contributed by atoms with Gasteiger partial charge in [-0.1, -0.05) is 30.3 Å². The average Bonchev–Trinajstić information content (AvgIpc) is 3.36. The summed E-state index contributed by atoms with van der Waals surface area (Å²) in [6.07, 6.45) is 6.76. The van der Waals surface area contributed by atoms with Crippen molar-refractivity contribution in [2.75, 3.05) is 23.7 Å². The van der Waals surface area contributed by atoms with Crippen LogP contribution in [-0.4, -0.2) is 48.5 Å². The van der Waals surface area contributed by atoms with Crippen molar-refractivity contribution in [2.24, 2.45) is 0 Å². The van der Waals surface area contributed by atoms with Crippen molar-refractivity contribution >= 4 is 38.0 Å². The van der Waals surface area contributed by atoms with E-state index in [0.29, 0.717) is 28.7 Å². The van der Waals surface area contributed by atoms with E-state index >= 15 is 4.39 Å². The zero-order chi connectivity index (χ0) is 30.3. The maximum Gasteiger partial charge on any atom is 0.237 e. The Morgan fingerprint density at radius 2 is 1.91 bits per heavy atom. The lowest BCUT2D eigenvalue weighted by atomic mass is 9.89. The number of benzene rings is 2. The van der Waals surface area contributed by atoms with E-state index in [2.05, 4.69) is 21.1 Å². The smallest absolute Gasteiger partial charge is 0.237 e. The molecule has 0 amide bonds. The zero-order valence-corrected chi connectivity index (χ0v) is 24.8. The molecule has 0 radical (unpaired) electrons. The van der Waals surface area contributed by atoms with Crippen molar-refractivity contribution in [1.82, 2.24) is 20.1 Å². The van der Waals surface area contributed by atoms with Crippen molar-refractivity contribution in [3.05, 3.63) is 77.5 Å². The third-order valence-corrected chi connectivity index (χ3v) is 9.14. The van der Waals surface area contributed by atoms with Gasteiger partial charge in [-0.15, -0.1) is 0 Å². The Hall–Kier alpha value is -3.87. The molecular weight excluding hydrogens is 574 g/mol. The minimum absolute atomic E-state index is 0.00988. The number of anilines is 2. The van der Waals surface area contributed by atoms with Crippen molar-refractivity contribution in [2.45, 2.75) is 57.0 Å². The van der Waals surface area contributed by atoms with Gasteiger partial charge < -0.3 is 15.8 Å². The molecule has 1 fully saturated rings. The van der Waals surface area contributed by atoms with E-state index in [9.17, 15) is 12.8 Å². The molecule has 4 N–H and O–H groups in total. The number of nitrogens with zero attached hydrogens (tertiary/aromatic N) is 3. The van der Waals surface area contributed by atoms with E-state index in [1.807, 2.05) is 18.5 Å². The number of hydrogen-bond acceptors (Lipinski definition) is 7. The second kappa shape index (κ2) is 11.7. The van der Waals surface area contributed by atoms with Gasteiger partial charge in [-0.25, -0.2) is 22.2 Å². The highest BCUT2D eigenvalue weighted by Gasteiger charge is 2.27. The lowest BCUT2D eigenvalue weighted by Gasteiger charge is -2.33. The number of sulfonamides is 1. The Bertz CT molecular complexity index is 1820. The quantitative estimate of drug-likeness (QED) is 0.232. The number of halogens is 2. The van der Waals surface area contributed by atoms with Crippen LogP contribution in [0, 0.1) is 11.6 Å². The summed E-state index contributed by atoms with van der Waals surface area (Å²) >= 11 is 0. The van der Waals surface area contributed by atoms with E-state index in [1.165, 1.54) is 35.9 Å². The number of rotatable bonds is 9. The predicted octanol–water partition coefficient (Wildman–Crippen LogP) is 5.41. The van der Waals surface area contributed by atoms with Gasteiger partial charge in [0.2, 0.25) is 10.0 Å². The van der Waals surface area contributed by atoms with Crippen LogP contribution in [0.2, 0.25) is 0 Å². The van der Waals surface area contributed by atoms with Gasteiger partial charge in [0.25, 0.3) is 0 Å². The molecule has 43 heavy (non-hydrogen) atoms. The molecule has 1 atom stereocenters. The normalized spacial score (nSPS) is 17.7. The van der Waals surface area contributed by atoms with Crippen LogP contribution < -0.4 is 15.8 Å².